The van der Waals surface area contributed by atoms with E-state index in [1.54, 1.807) is 0 Å². The lowest BCUT2D eigenvalue weighted by atomic mass is 10.0. The number of hydrogen-bond donors (Lipinski definition) is 0. The van der Waals surface area contributed by atoms with E-state index < -0.39 is 0 Å². The van der Waals surface area contributed by atoms with Crippen LogP contribution in [0.3, 0.4) is 0 Å². The van der Waals surface area contributed by atoms with E-state index in [0.717, 1.165) is 19.1 Å². The maximum Gasteiger partial charge on any atom is 0.124 e. The third-order valence-electron chi connectivity index (χ3n) is 1.53. The molecular formula is C8H9BrO. The first-order valence-electron chi connectivity index (χ1n) is 3.30. The summed E-state index contributed by atoms with van der Waals surface area (Å²) < 4.78 is 1.22. The minimum atomic E-state index is 0.594. The molecule has 0 aromatic carbocycles. The Labute approximate surface area is 68.9 Å². The molecule has 10 heavy (non-hydrogen) atoms. The van der Waals surface area contributed by atoms with Crippen LogP contribution in [0.2, 0.25) is 0 Å². The minimum absolute atomic E-state index is 0.594. The Kier molecular flexibility index (Phi) is 2.87. The molecule has 0 aromatic heterocycles. The van der Waals surface area contributed by atoms with E-state index in [2.05, 4.69) is 15.9 Å². The second-order valence-electron chi connectivity index (χ2n) is 2.31. The number of aldehydes is 1. The Morgan fingerprint density at radius 3 is 2.80 bits per heavy atom. The Balaban J connectivity index is 2.55. The van der Waals surface area contributed by atoms with Crippen LogP contribution < -0.4 is 0 Å². The Morgan fingerprint density at radius 2 is 2.30 bits per heavy atom. The fourth-order valence-electron chi connectivity index (χ4n) is 0.932. The molecule has 1 aliphatic carbocycles. The topological polar surface area (TPSA) is 17.1 Å². The largest absolute Gasteiger partial charge is 0.303 e. The Morgan fingerprint density at radius 1 is 1.50 bits per heavy atom. The SMILES string of the molecule is O=CCC1=CC=C(Br)CC1. The number of allylic oxidation sites excluding steroid dienone is 4. The Hall–Kier alpha value is -0.370. The van der Waals surface area contributed by atoms with Crippen molar-refractivity contribution >= 4 is 22.2 Å². The lowest BCUT2D eigenvalue weighted by molar-refractivity contribution is -0.107. The quantitative estimate of drug-likeness (QED) is 0.627. The highest BCUT2D eigenvalue weighted by atomic mass is 79.9. The predicted octanol–water partition coefficient (Wildman–Crippen LogP) is 2.57. The number of carbonyl (C=O) groups excluding carboxylic acids is 1. The van der Waals surface area contributed by atoms with Crippen LogP contribution in [0.25, 0.3) is 0 Å². The van der Waals surface area contributed by atoms with Gasteiger partial charge >= 0.3 is 0 Å². The van der Waals surface area contributed by atoms with Crippen molar-refractivity contribution in [3.8, 4) is 0 Å². The van der Waals surface area contributed by atoms with Crippen LogP contribution in [0.5, 0.6) is 0 Å². The zero-order valence-corrected chi connectivity index (χ0v) is 7.23. The summed E-state index contributed by atoms with van der Waals surface area (Å²) in [7, 11) is 0. The van der Waals surface area contributed by atoms with Crippen molar-refractivity contribution < 1.29 is 4.79 Å². The van der Waals surface area contributed by atoms with E-state index in [9.17, 15) is 4.79 Å². The molecule has 1 nitrogen and oxygen atoms in total. The maximum atomic E-state index is 10.1. The van der Waals surface area contributed by atoms with Gasteiger partial charge in [0.15, 0.2) is 0 Å². The summed E-state index contributed by atoms with van der Waals surface area (Å²) in [6, 6.07) is 0. The summed E-state index contributed by atoms with van der Waals surface area (Å²) in [6.07, 6.45) is 7.65. The van der Waals surface area contributed by atoms with E-state index in [0.29, 0.717) is 6.42 Å². The van der Waals surface area contributed by atoms with Gasteiger partial charge < -0.3 is 4.79 Å². The fraction of sp³-hybridized carbons (Fsp3) is 0.375. The molecule has 0 N–H and O–H groups in total. The lowest BCUT2D eigenvalue weighted by Crippen LogP contribution is -1.89. The average molecular weight is 201 g/mol. The van der Waals surface area contributed by atoms with Gasteiger partial charge in [-0.2, -0.15) is 0 Å². The molecule has 0 heterocycles. The summed E-state index contributed by atoms with van der Waals surface area (Å²) in [6.45, 7) is 0. The van der Waals surface area contributed by atoms with Gasteiger partial charge in [-0.25, -0.2) is 0 Å². The van der Waals surface area contributed by atoms with Gasteiger partial charge in [-0.3, -0.25) is 0 Å². The van der Waals surface area contributed by atoms with Crippen LogP contribution in [0.4, 0.5) is 0 Å². The van der Waals surface area contributed by atoms with Crippen LogP contribution in [0.1, 0.15) is 19.3 Å². The summed E-state index contributed by atoms with van der Waals surface area (Å²) >= 11 is 3.40. The average Bonchev–Trinajstić information content (AvgIpc) is 1.95. The van der Waals surface area contributed by atoms with Gasteiger partial charge in [-0.05, 0) is 17.3 Å². The molecule has 54 valence electrons. The van der Waals surface area contributed by atoms with E-state index in [4.69, 9.17) is 0 Å². The van der Waals surface area contributed by atoms with E-state index in [1.807, 2.05) is 12.2 Å². The Bertz CT molecular complexity index is 191. The van der Waals surface area contributed by atoms with Crippen molar-refractivity contribution in [2.24, 2.45) is 0 Å². The predicted molar refractivity (Wildman–Crippen MR) is 45.0 cm³/mol. The highest BCUT2D eigenvalue weighted by Crippen LogP contribution is 2.23. The molecule has 0 aliphatic heterocycles. The van der Waals surface area contributed by atoms with Crippen LogP contribution >= 0.6 is 15.9 Å². The molecule has 0 bridgehead atoms. The van der Waals surface area contributed by atoms with Crippen molar-refractivity contribution in [1.29, 1.82) is 0 Å². The van der Waals surface area contributed by atoms with Gasteiger partial charge in [0.1, 0.15) is 6.29 Å². The van der Waals surface area contributed by atoms with Gasteiger partial charge in [0.25, 0.3) is 0 Å². The molecule has 0 saturated carbocycles. The first-order valence-corrected chi connectivity index (χ1v) is 4.10. The number of carbonyl (C=O) groups is 1. The number of hydrogen-bond acceptors (Lipinski definition) is 1. The standard InChI is InChI=1S/C8H9BrO/c9-8-3-1-7(2-4-8)5-6-10/h1,3,6H,2,4-5H2. The highest BCUT2D eigenvalue weighted by molar-refractivity contribution is 9.11. The third-order valence-corrected chi connectivity index (χ3v) is 2.19. The van der Waals surface area contributed by atoms with E-state index in [-0.39, 0.29) is 0 Å². The first kappa shape index (κ1) is 7.73. The summed E-state index contributed by atoms with van der Waals surface area (Å²) in [4.78, 5) is 10.1. The molecule has 2 heteroatoms. The van der Waals surface area contributed by atoms with E-state index in [1.165, 1.54) is 10.1 Å². The minimum Gasteiger partial charge on any atom is -0.303 e. The normalized spacial score (nSPS) is 17.7. The van der Waals surface area contributed by atoms with Crippen molar-refractivity contribution in [2.45, 2.75) is 19.3 Å². The third kappa shape index (κ3) is 2.10. The van der Waals surface area contributed by atoms with Gasteiger partial charge in [0, 0.05) is 6.42 Å². The summed E-state index contributed by atoms with van der Waals surface area (Å²) in [5.74, 6) is 0. The van der Waals surface area contributed by atoms with Crippen LogP contribution in [0, 0.1) is 0 Å². The van der Waals surface area contributed by atoms with Gasteiger partial charge in [-0.1, -0.05) is 33.7 Å². The second kappa shape index (κ2) is 3.71. The molecule has 0 spiro atoms. The molecule has 0 atom stereocenters. The van der Waals surface area contributed by atoms with Crippen LogP contribution in [0.15, 0.2) is 22.2 Å². The molecule has 0 unspecified atom stereocenters. The molecule has 0 fully saturated rings. The van der Waals surface area contributed by atoms with Crippen molar-refractivity contribution in [1.82, 2.24) is 0 Å². The lowest BCUT2D eigenvalue weighted by Gasteiger charge is -2.06. The smallest absolute Gasteiger partial charge is 0.124 e. The highest BCUT2D eigenvalue weighted by Gasteiger charge is 2.02. The van der Waals surface area contributed by atoms with Crippen molar-refractivity contribution in [3.63, 3.8) is 0 Å². The zero-order chi connectivity index (χ0) is 7.40. The zero-order valence-electron chi connectivity index (χ0n) is 5.64. The molecular weight excluding hydrogens is 192 g/mol. The summed E-state index contributed by atoms with van der Waals surface area (Å²) in [5, 5.41) is 0. The monoisotopic (exact) mass is 200 g/mol. The molecule has 1 aliphatic rings. The van der Waals surface area contributed by atoms with Crippen LogP contribution in [-0.2, 0) is 4.79 Å². The molecule has 0 aromatic rings. The van der Waals surface area contributed by atoms with Gasteiger partial charge in [-0.15, -0.1) is 0 Å². The molecule has 0 amide bonds. The maximum absolute atomic E-state index is 10.1. The van der Waals surface area contributed by atoms with E-state index >= 15 is 0 Å². The molecule has 1 rings (SSSR count). The number of rotatable bonds is 2. The van der Waals surface area contributed by atoms with Gasteiger partial charge in [0.2, 0.25) is 0 Å². The number of halogens is 1. The second-order valence-corrected chi connectivity index (χ2v) is 3.33. The van der Waals surface area contributed by atoms with Crippen LogP contribution in [-0.4, -0.2) is 6.29 Å². The molecule has 0 radical (unpaired) electrons. The molecule has 0 saturated heterocycles. The van der Waals surface area contributed by atoms with Crippen molar-refractivity contribution in [3.05, 3.63) is 22.2 Å². The first-order chi connectivity index (χ1) is 4.83. The fourth-order valence-corrected chi connectivity index (χ4v) is 1.26. The van der Waals surface area contributed by atoms with Gasteiger partial charge in [0.05, 0.1) is 0 Å². The summed E-state index contributed by atoms with van der Waals surface area (Å²) in [5.41, 5.74) is 1.23. The van der Waals surface area contributed by atoms with Crippen molar-refractivity contribution in [2.75, 3.05) is 0 Å².